The van der Waals surface area contributed by atoms with Gasteiger partial charge in [0, 0.05) is 40.5 Å². The van der Waals surface area contributed by atoms with Gasteiger partial charge in [0.15, 0.2) is 0 Å². The Morgan fingerprint density at radius 3 is 2.52 bits per heavy atom. The smallest absolute Gasteiger partial charge is 0.124 e. The summed E-state index contributed by atoms with van der Waals surface area (Å²) in [4.78, 5) is 12.0. The predicted molar refractivity (Wildman–Crippen MR) is 129 cm³/mol. The number of halogens is 1. The number of aromatic nitrogens is 5. The summed E-state index contributed by atoms with van der Waals surface area (Å²) in [5.74, 6) is -0.264. The molecule has 0 saturated heterocycles. The summed E-state index contributed by atoms with van der Waals surface area (Å²) >= 11 is 0. The Hall–Kier alpha value is -4.52. The van der Waals surface area contributed by atoms with Crippen molar-refractivity contribution in [3.05, 3.63) is 84.7 Å². The minimum atomic E-state index is -0.264. The molecule has 4 aromatic heterocycles. The summed E-state index contributed by atoms with van der Waals surface area (Å²) in [5, 5.41) is 9.60. The number of H-pyrrole nitrogens is 2. The Morgan fingerprint density at radius 1 is 0.788 bits per heavy atom. The third kappa shape index (κ3) is 3.30. The van der Waals surface area contributed by atoms with Crippen LogP contribution < -0.4 is 5.73 Å². The Balaban J connectivity index is 1.51. The maximum absolute atomic E-state index is 14.1. The molecule has 0 fully saturated rings. The van der Waals surface area contributed by atoms with Gasteiger partial charge in [-0.2, -0.15) is 5.10 Å². The number of rotatable bonds is 3. The minimum Gasteiger partial charge on any atom is -0.397 e. The van der Waals surface area contributed by atoms with Crippen molar-refractivity contribution in [3.8, 4) is 33.6 Å². The molecule has 33 heavy (non-hydrogen) atoms. The van der Waals surface area contributed by atoms with Crippen LogP contribution in [-0.2, 0) is 0 Å². The van der Waals surface area contributed by atoms with E-state index in [-0.39, 0.29) is 5.82 Å². The summed E-state index contributed by atoms with van der Waals surface area (Å²) in [6.45, 7) is 1.88. The van der Waals surface area contributed by atoms with Crippen LogP contribution in [0.2, 0.25) is 0 Å². The van der Waals surface area contributed by atoms with Crippen LogP contribution in [0.3, 0.4) is 0 Å². The molecule has 0 unspecified atom stereocenters. The molecule has 0 aliphatic rings. The number of pyridine rings is 2. The Bertz CT molecular complexity index is 1640. The number of aromatic amines is 2. The average Bonchev–Trinajstić information content (AvgIpc) is 3.41. The zero-order valence-corrected chi connectivity index (χ0v) is 17.7. The Labute approximate surface area is 188 Å². The van der Waals surface area contributed by atoms with Crippen LogP contribution >= 0.6 is 0 Å². The molecule has 6 rings (SSSR count). The van der Waals surface area contributed by atoms with E-state index in [9.17, 15) is 4.39 Å². The second-order valence-corrected chi connectivity index (χ2v) is 8.19. The number of nitrogens with zero attached hydrogens (tertiary/aromatic N) is 3. The molecule has 0 spiro atoms. The summed E-state index contributed by atoms with van der Waals surface area (Å²) in [6.07, 6.45) is 6.95. The maximum Gasteiger partial charge on any atom is 0.124 e. The molecule has 6 nitrogen and oxygen atoms in total. The summed E-state index contributed by atoms with van der Waals surface area (Å²) < 4.78 is 14.1. The second-order valence-electron chi connectivity index (χ2n) is 8.19. The minimum absolute atomic E-state index is 0.264. The molecular weight excluding hydrogens is 415 g/mol. The molecule has 6 aromatic rings. The first kappa shape index (κ1) is 19.2. The number of nitrogens with two attached hydrogens (primary N) is 1. The van der Waals surface area contributed by atoms with Crippen molar-refractivity contribution < 1.29 is 4.39 Å². The molecule has 0 saturated carbocycles. The van der Waals surface area contributed by atoms with Gasteiger partial charge in [-0.15, -0.1) is 0 Å². The lowest BCUT2D eigenvalue weighted by molar-refractivity contribution is 0.627. The zero-order chi connectivity index (χ0) is 22.5. The van der Waals surface area contributed by atoms with Gasteiger partial charge in [0.25, 0.3) is 0 Å². The van der Waals surface area contributed by atoms with Gasteiger partial charge in [-0.25, -0.2) is 4.39 Å². The fourth-order valence-electron chi connectivity index (χ4n) is 4.32. The highest BCUT2D eigenvalue weighted by Gasteiger charge is 2.15. The van der Waals surface area contributed by atoms with Gasteiger partial charge in [0.05, 0.1) is 28.6 Å². The number of hydrogen-bond donors (Lipinski definition) is 3. The standard InChI is InChI=1S/C26H19FN6/c1-14-4-16(6-18(27)5-14)22-12-30-13-25-20(22)9-24(31-25)26-21-8-15(2-3-23(21)32-33-26)17-7-19(28)11-29-10-17/h2-13,31H,28H2,1H3,(H,32,33). The van der Waals surface area contributed by atoms with Gasteiger partial charge in [0.2, 0.25) is 0 Å². The normalized spacial score (nSPS) is 11.5. The van der Waals surface area contributed by atoms with Crippen molar-refractivity contribution >= 4 is 27.5 Å². The van der Waals surface area contributed by atoms with Crippen molar-refractivity contribution in [2.45, 2.75) is 6.92 Å². The quantitative estimate of drug-likeness (QED) is 0.325. The first-order chi connectivity index (χ1) is 16.0. The van der Waals surface area contributed by atoms with E-state index in [0.717, 1.165) is 61.0 Å². The molecule has 2 aromatic carbocycles. The fraction of sp³-hybridized carbons (Fsp3) is 0.0385. The van der Waals surface area contributed by atoms with E-state index in [0.29, 0.717) is 5.69 Å². The second kappa shape index (κ2) is 7.27. The highest BCUT2D eigenvalue weighted by atomic mass is 19.1. The lowest BCUT2D eigenvalue weighted by Crippen LogP contribution is -1.87. The van der Waals surface area contributed by atoms with Crippen molar-refractivity contribution in [2.75, 3.05) is 5.73 Å². The number of hydrogen-bond acceptors (Lipinski definition) is 4. The van der Waals surface area contributed by atoms with Crippen LogP contribution in [0.1, 0.15) is 5.56 Å². The van der Waals surface area contributed by atoms with Crippen LogP contribution in [0.5, 0.6) is 0 Å². The number of nitrogens with one attached hydrogen (secondary N) is 2. The van der Waals surface area contributed by atoms with Crippen LogP contribution in [0.25, 0.3) is 55.4 Å². The SMILES string of the molecule is Cc1cc(F)cc(-c2cncc3[nH]c(-c4n[nH]c5ccc(-c6cncc(N)c6)cc45)cc23)c1. The molecule has 0 atom stereocenters. The van der Waals surface area contributed by atoms with Crippen LogP contribution in [0.4, 0.5) is 10.1 Å². The van der Waals surface area contributed by atoms with Crippen molar-refractivity contribution in [1.82, 2.24) is 25.1 Å². The maximum atomic E-state index is 14.1. The van der Waals surface area contributed by atoms with E-state index in [2.05, 4.69) is 31.2 Å². The van der Waals surface area contributed by atoms with Gasteiger partial charge in [0.1, 0.15) is 11.5 Å². The lowest BCUT2D eigenvalue weighted by atomic mass is 10.0. The largest absolute Gasteiger partial charge is 0.397 e. The van der Waals surface area contributed by atoms with Crippen molar-refractivity contribution in [2.24, 2.45) is 0 Å². The molecule has 4 heterocycles. The van der Waals surface area contributed by atoms with E-state index < -0.39 is 0 Å². The number of anilines is 1. The van der Waals surface area contributed by atoms with Crippen LogP contribution in [0, 0.1) is 12.7 Å². The zero-order valence-electron chi connectivity index (χ0n) is 17.7. The third-order valence-electron chi connectivity index (χ3n) is 5.81. The van der Waals surface area contributed by atoms with Crippen LogP contribution in [0.15, 0.2) is 73.3 Å². The molecule has 0 amide bonds. The number of nitrogen functional groups attached to an aromatic ring is 1. The van der Waals surface area contributed by atoms with E-state index in [4.69, 9.17) is 5.73 Å². The summed E-state index contributed by atoms with van der Waals surface area (Å²) in [6, 6.07) is 15.0. The predicted octanol–water partition coefficient (Wildman–Crippen LogP) is 5.86. The van der Waals surface area contributed by atoms with Crippen molar-refractivity contribution in [1.29, 1.82) is 0 Å². The van der Waals surface area contributed by atoms with E-state index in [1.165, 1.54) is 12.1 Å². The molecular formula is C26H19FN6. The van der Waals surface area contributed by atoms with Crippen LogP contribution in [-0.4, -0.2) is 25.1 Å². The molecule has 4 N–H and O–H groups in total. The molecule has 160 valence electrons. The first-order valence-electron chi connectivity index (χ1n) is 10.5. The number of aryl methyl sites for hydroxylation is 1. The Morgan fingerprint density at radius 2 is 1.67 bits per heavy atom. The van der Waals surface area contributed by atoms with E-state index in [1.54, 1.807) is 24.8 Å². The molecule has 0 bridgehead atoms. The molecule has 0 radical (unpaired) electrons. The van der Waals surface area contributed by atoms with Gasteiger partial charge >= 0.3 is 0 Å². The number of benzene rings is 2. The third-order valence-corrected chi connectivity index (χ3v) is 5.81. The fourth-order valence-corrected chi connectivity index (χ4v) is 4.32. The lowest BCUT2D eigenvalue weighted by Gasteiger charge is -2.05. The van der Waals surface area contributed by atoms with Gasteiger partial charge < -0.3 is 10.7 Å². The molecule has 0 aliphatic heterocycles. The topological polar surface area (TPSA) is 96.3 Å². The highest BCUT2D eigenvalue weighted by Crippen LogP contribution is 2.35. The highest BCUT2D eigenvalue weighted by molar-refractivity contribution is 6.01. The van der Waals surface area contributed by atoms with Gasteiger partial charge in [-0.1, -0.05) is 12.1 Å². The summed E-state index contributed by atoms with van der Waals surface area (Å²) in [7, 11) is 0. The molecule has 0 aliphatic carbocycles. The first-order valence-corrected chi connectivity index (χ1v) is 10.5. The van der Waals surface area contributed by atoms with Gasteiger partial charge in [-0.05, 0) is 60.0 Å². The number of fused-ring (bicyclic) bond motifs is 2. The summed E-state index contributed by atoms with van der Waals surface area (Å²) in [5.41, 5.74) is 14.4. The van der Waals surface area contributed by atoms with E-state index >= 15 is 0 Å². The molecule has 7 heteroatoms. The van der Waals surface area contributed by atoms with E-state index in [1.807, 2.05) is 37.3 Å². The van der Waals surface area contributed by atoms with Crippen molar-refractivity contribution in [3.63, 3.8) is 0 Å². The average molecular weight is 434 g/mol. The Kier molecular flexibility index (Phi) is 4.23. The monoisotopic (exact) mass is 434 g/mol. The van der Waals surface area contributed by atoms with Gasteiger partial charge in [-0.3, -0.25) is 15.1 Å².